The molecule has 178 valence electrons. The molecule has 2 aromatic carbocycles. The standard InChI is InChI=1S/C23H20F4N4O3/c24-17-3-1-2-15(12-17)21-28-13-20(14-29-21)34-22(32)30-31-10-8-19(9-11-31)33-18-6-4-16(5-7-18)23(25,26)27/h1-7,12-14,19H,8-11H2,(H,30,32). The number of amides is 1. The summed E-state index contributed by atoms with van der Waals surface area (Å²) >= 11 is 0. The third kappa shape index (κ3) is 6.19. The zero-order valence-corrected chi connectivity index (χ0v) is 17.8. The smallest absolute Gasteiger partial charge is 0.427 e. The summed E-state index contributed by atoms with van der Waals surface area (Å²) in [6, 6.07) is 10.4. The van der Waals surface area contributed by atoms with E-state index < -0.39 is 23.7 Å². The molecule has 1 aromatic heterocycles. The summed E-state index contributed by atoms with van der Waals surface area (Å²) in [5.41, 5.74) is 2.38. The fraction of sp³-hybridized carbons (Fsp3) is 0.261. The molecule has 1 aliphatic heterocycles. The van der Waals surface area contributed by atoms with E-state index in [1.807, 2.05) is 0 Å². The molecule has 7 nitrogen and oxygen atoms in total. The third-order valence-corrected chi connectivity index (χ3v) is 5.10. The average molecular weight is 476 g/mol. The molecule has 11 heteroatoms. The van der Waals surface area contributed by atoms with Gasteiger partial charge in [0.05, 0.1) is 18.0 Å². The Hall–Kier alpha value is -3.73. The Balaban J connectivity index is 1.22. The van der Waals surface area contributed by atoms with Gasteiger partial charge in [-0.25, -0.2) is 24.2 Å². The fourth-order valence-electron chi connectivity index (χ4n) is 3.40. The Kier molecular flexibility index (Phi) is 6.92. The van der Waals surface area contributed by atoms with E-state index >= 15 is 0 Å². The van der Waals surface area contributed by atoms with Gasteiger partial charge in [0.25, 0.3) is 0 Å². The number of hydrazine groups is 1. The molecule has 0 radical (unpaired) electrons. The number of carbonyl (C=O) groups excluding carboxylic acids is 1. The van der Waals surface area contributed by atoms with Gasteiger partial charge in [-0.1, -0.05) is 12.1 Å². The van der Waals surface area contributed by atoms with E-state index in [0.29, 0.717) is 43.1 Å². The maximum Gasteiger partial charge on any atom is 0.427 e. The van der Waals surface area contributed by atoms with Crippen molar-refractivity contribution in [3.8, 4) is 22.9 Å². The Bertz CT molecular complexity index is 1120. The number of alkyl halides is 3. The molecule has 1 amide bonds. The first-order valence-electron chi connectivity index (χ1n) is 10.4. The van der Waals surface area contributed by atoms with Gasteiger partial charge >= 0.3 is 12.3 Å². The quantitative estimate of drug-likeness (QED) is 0.531. The van der Waals surface area contributed by atoms with Gasteiger partial charge in [-0.2, -0.15) is 13.2 Å². The van der Waals surface area contributed by atoms with Crippen LogP contribution in [0.2, 0.25) is 0 Å². The first-order valence-corrected chi connectivity index (χ1v) is 10.4. The summed E-state index contributed by atoms with van der Waals surface area (Å²) in [6.07, 6.45) is -1.54. The Morgan fingerprint density at radius 1 is 1.00 bits per heavy atom. The van der Waals surface area contributed by atoms with Crippen molar-refractivity contribution < 1.29 is 31.8 Å². The monoisotopic (exact) mass is 476 g/mol. The highest BCUT2D eigenvalue weighted by Crippen LogP contribution is 2.30. The molecule has 0 aliphatic carbocycles. The number of benzene rings is 2. The van der Waals surface area contributed by atoms with E-state index in [-0.39, 0.29) is 11.9 Å². The second kappa shape index (κ2) is 10.0. The van der Waals surface area contributed by atoms with Crippen LogP contribution in [0.25, 0.3) is 11.4 Å². The minimum atomic E-state index is -4.39. The number of hydrogen-bond acceptors (Lipinski definition) is 6. The van der Waals surface area contributed by atoms with Gasteiger partial charge < -0.3 is 9.47 Å². The molecule has 0 spiro atoms. The van der Waals surface area contributed by atoms with Crippen LogP contribution in [-0.2, 0) is 6.18 Å². The van der Waals surface area contributed by atoms with E-state index in [2.05, 4.69) is 15.4 Å². The number of ether oxygens (including phenoxy) is 2. The molecule has 1 saturated heterocycles. The molecule has 1 aliphatic rings. The van der Waals surface area contributed by atoms with Crippen molar-refractivity contribution in [3.05, 3.63) is 72.3 Å². The van der Waals surface area contributed by atoms with Crippen molar-refractivity contribution >= 4 is 6.09 Å². The highest BCUT2D eigenvalue weighted by atomic mass is 19.4. The summed E-state index contributed by atoms with van der Waals surface area (Å²) in [7, 11) is 0. The van der Waals surface area contributed by atoms with Crippen LogP contribution in [-0.4, -0.2) is 40.3 Å². The summed E-state index contributed by atoms with van der Waals surface area (Å²) in [6.45, 7) is 0.935. The minimum Gasteiger partial charge on any atom is -0.490 e. The number of nitrogens with zero attached hydrogens (tertiary/aromatic N) is 3. The topological polar surface area (TPSA) is 76.6 Å². The van der Waals surface area contributed by atoms with Crippen LogP contribution in [0.5, 0.6) is 11.5 Å². The summed E-state index contributed by atoms with van der Waals surface area (Å²) in [4.78, 5) is 20.3. The van der Waals surface area contributed by atoms with Crippen LogP contribution in [0.15, 0.2) is 60.9 Å². The minimum absolute atomic E-state index is 0.123. The molecule has 34 heavy (non-hydrogen) atoms. The molecular formula is C23H20F4N4O3. The average Bonchev–Trinajstić information content (AvgIpc) is 2.81. The lowest BCUT2D eigenvalue weighted by Crippen LogP contribution is -2.49. The van der Waals surface area contributed by atoms with Crippen molar-refractivity contribution in [3.63, 3.8) is 0 Å². The molecule has 0 unspecified atom stereocenters. The first-order chi connectivity index (χ1) is 16.3. The molecule has 4 rings (SSSR count). The molecule has 1 N–H and O–H groups in total. The van der Waals surface area contributed by atoms with Gasteiger partial charge in [-0.15, -0.1) is 0 Å². The molecule has 0 atom stereocenters. The summed E-state index contributed by atoms with van der Waals surface area (Å²) < 4.78 is 62.2. The maximum absolute atomic E-state index is 13.3. The lowest BCUT2D eigenvalue weighted by atomic mass is 10.1. The van der Waals surface area contributed by atoms with Crippen LogP contribution < -0.4 is 14.9 Å². The zero-order chi connectivity index (χ0) is 24.1. The highest BCUT2D eigenvalue weighted by molar-refractivity contribution is 5.69. The number of hydrogen-bond donors (Lipinski definition) is 1. The molecular weight excluding hydrogens is 456 g/mol. The number of rotatable bonds is 5. The lowest BCUT2D eigenvalue weighted by Gasteiger charge is -2.31. The fourth-order valence-corrected chi connectivity index (χ4v) is 3.40. The Morgan fingerprint density at radius 2 is 1.68 bits per heavy atom. The first kappa shape index (κ1) is 23.4. The van der Waals surface area contributed by atoms with Crippen LogP contribution in [0.3, 0.4) is 0 Å². The van der Waals surface area contributed by atoms with Gasteiger partial charge in [-0.3, -0.25) is 5.43 Å². The molecule has 0 bridgehead atoms. The highest BCUT2D eigenvalue weighted by Gasteiger charge is 2.30. The zero-order valence-electron chi connectivity index (χ0n) is 17.8. The predicted molar refractivity (Wildman–Crippen MR) is 113 cm³/mol. The SMILES string of the molecule is O=C(NN1CCC(Oc2ccc(C(F)(F)F)cc2)CC1)Oc1cnc(-c2cccc(F)c2)nc1. The van der Waals surface area contributed by atoms with Crippen LogP contribution in [0.1, 0.15) is 18.4 Å². The van der Waals surface area contributed by atoms with Crippen molar-refractivity contribution in [2.24, 2.45) is 0 Å². The molecule has 1 fully saturated rings. The van der Waals surface area contributed by atoms with E-state index in [0.717, 1.165) is 12.1 Å². The lowest BCUT2D eigenvalue weighted by molar-refractivity contribution is -0.137. The predicted octanol–water partition coefficient (Wildman–Crippen LogP) is 4.85. The van der Waals surface area contributed by atoms with E-state index in [4.69, 9.17) is 9.47 Å². The molecule has 0 saturated carbocycles. The summed E-state index contributed by atoms with van der Waals surface area (Å²) in [5.74, 6) is 0.371. The number of nitrogens with one attached hydrogen (secondary N) is 1. The van der Waals surface area contributed by atoms with Crippen LogP contribution in [0, 0.1) is 5.82 Å². The van der Waals surface area contributed by atoms with Gasteiger partial charge in [-0.05, 0) is 49.2 Å². The van der Waals surface area contributed by atoms with Crippen LogP contribution >= 0.6 is 0 Å². The Labute approximate surface area is 192 Å². The third-order valence-electron chi connectivity index (χ3n) is 5.10. The number of aromatic nitrogens is 2. The summed E-state index contributed by atoms with van der Waals surface area (Å²) in [5, 5.41) is 1.66. The maximum atomic E-state index is 13.3. The largest absolute Gasteiger partial charge is 0.490 e. The van der Waals surface area contributed by atoms with E-state index in [1.54, 1.807) is 17.1 Å². The molecule has 3 aromatic rings. The van der Waals surface area contributed by atoms with E-state index in [1.165, 1.54) is 36.7 Å². The van der Waals surface area contributed by atoms with Gasteiger partial charge in [0.15, 0.2) is 11.6 Å². The number of halogens is 4. The normalized spacial score (nSPS) is 15.1. The Morgan fingerprint density at radius 3 is 2.29 bits per heavy atom. The molecule has 2 heterocycles. The van der Waals surface area contributed by atoms with Gasteiger partial charge in [0.1, 0.15) is 17.7 Å². The van der Waals surface area contributed by atoms with Gasteiger partial charge in [0.2, 0.25) is 0 Å². The number of carbonyl (C=O) groups is 1. The van der Waals surface area contributed by atoms with Crippen molar-refractivity contribution in [1.82, 2.24) is 20.4 Å². The van der Waals surface area contributed by atoms with Gasteiger partial charge in [0, 0.05) is 18.7 Å². The van der Waals surface area contributed by atoms with Crippen molar-refractivity contribution in [1.29, 1.82) is 0 Å². The van der Waals surface area contributed by atoms with E-state index in [9.17, 15) is 22.4 Å². The van der Waals surface area contributed by atoms with Crippen LogP contribution in [0.4, 0.5) is 22.4 Å². The second-order valence-corrected chi connectivity index (χ2v) is 7.58. The van der Waals surface area contributed by atoms with Crippen molar-refractivity contribution in [2.75, 3.05) is 13.1 Å². The second-order valence-electron chi connectivity index (χ2n) is 7.58. The van der Waals surface area contributed by atoms with Crippen molar-refractivity contribution in [2.45, 2.75) is 25.1 Å². The number of piperidine rings is 1.